The van der Waals surface area contributed by atoms with Gasteiger partial charge in [-0.15, -0.1) is 11.3 Å². The Labute approximate surface area is 122 Å². The molecule has 1 atom stereocenters. The number of rotatable bonds is 5. The Kier molecular flexibility index (Phi) is 5.04. The number of nitrogens with one attached hydrogen (secondary N) is 1. The molecule has 1 saturated heterocycles. The zero-order chi connectivity index (χ0) is 13.9. The highest BCUT2D eigenvalue weighted by molar-refractivity contribution is 7.12. The smallest absolute Gasteiger partial charge is 0.0386 e. The van der Waals surface area contributed by atoms with Gasteiger partial charge in [0.15, 0.2) is 0 Å². The lowest BCUT2D eigenvalue weighted by Crippen LogP contribution is -2.42. The predicted octanol–water partition coefficient (Wildman–Crippen LogP) is 3.69. The Balaban J connectivity index is 1.84. The van der Waals surface area contributed by atoms with Gasteiger partial charge in [-0.3, -0.25) is 0 Å². The Morgan fingerprint density at radius 1 is 1.37 bits per heavy atom. The summed E-state index contributed by atoms with van der Waals surface area (Å²) in [7, 11) is 2.23. The van der Waals surface area contributed by atoms with Crippen molar-refractivity contribution in [3.63, 3.8) is 0 Å². The van der Waals surface area contributed by atoms with Gasteiger partial charge in [-0.25, -0.2) is 0 Å². The van der Waals surface area contributed by atoms with Gasteiger partial charge in [-0.1, -0.05) is 13.8 Å². The third kappa shape index (κ3) is 4.04. The van der Waals surface area contributed by atoms with Crippen molar-refractivity contribution < 1.29 is 0 Å². The molecule has 2 heterocycles. The zero-order valence-electron chi connectivity index (χ0n) is 12.8. The molecule has 108 valence electrons. The van der Waals surface area contributed by atoms with Crippen LogP contribution in [0.5, 0.6) is 0 Å². The lowest BCUT2D eigenvalue weighted by atomic mass is 9.80. The van der Waals surface area contributed by atoms with Crippen LogP contribution in [-0.4, -0.2) is 31.6 Å². The van der Waals surface area contributed by atoms with Gasteiger partial charge in [0.1, 0.15) is 0 Å². The Morgan fingerprint density at radius 3 is 2.63 bits per heavy atom. The normalized spacial score (nSPS) is 21.5. The van der Waals surface area contributed by atoms with E-state index >= 15 is 0 Å². The van der Waals surface area contributed by atoms with Crippen LogP contribution >= 0.6 is 11.3 Å². The lowest BCUT2D eigenvalue weighted by Gasteiger charge is -2.38. The molecule has 3 heteroatoms. The first-order chi connectivity index (χ1) is 9.02. The van der Waals surface area contributed by atoms with E-state index in [0.717, 1.165) is 13.0 Å². The lowest BCUT2D eigenvalue weighted by molar-refractivity contribution is 0.134. The minimum Gasteiger partial charge on any atom is -0.309 e. The minimum atomic E-state index is 0.478. The van der Waals surface area contributed by atoms with E-state index in [-0.39, 0.29) is 0 Å². The fourth-order valence-corrected chi connectivity index (χ4v) is 3.63. The molecule has 0 radical (unpaired) electrons. The molecule has 0 aromatic carbocycles. The molecule has 2 rings (SSSR count). The summed E-state index contributed by atoms with van der Waals surface area (Å²) in [6.07, 6.45) is 3.78. The topological polar surface area (TPSA) is 15.3 Å². The number of hydrogen-bond donors (Lipinski definition) is 1. The molecular weight excluding hydrogens is 252 g/mol. The van der Waals surface area contributed by atoms with Crippen molar-refractivity contribution in [2.75, 3.05) is 26.7 Å². The second-order valence-electron chi connectivity index (χ2n) is 6.37. The number of nitrogens with zero attached hydrogens (tertiary/aromatic N) is 1. The number of likely N-dealkylation sites (tertiary alicyclic amines) is 1. The summed E-state index contributed by atoms with van der Waals surface area (Å²) in [5, 5.41) is 3.75. The van der Waals surface area contributed by atoms with Crippen LogP contribution < -0.4 is 5.32 Å². The fraction of sp³-hybridized carbons (Fsp3) is 0.750. The van der Waals surface area contributed by atoms with E-state index in [1.807, 2.05) is 11.3 Å². The first-order valence-corrected chi connectivity index (χ1v) is 8.34. The molecule has 1 N–H and O–H groups in total. The van der Waals surface area contributed by atoms with E-state index in [1.54, 1.807) is 0 Å². The number of thiophene rings is 1. The van der Waals surface area contributed by atoms with Crippen LogP contribution in [0, 0.1) is 5.41 Å². The third-order valence-electron chi connectivity index (χ3n) is 4.49. The standard InChI is InChI=1S/C16H28N2S/c1-5-14-6-7-15(19-14)13(2)17-12-16(3)8-10-18(4)11-9-16/h6-7,13,17H,5,8-12H2,1-4H3. The molecule has 0 spiro atoms. The highest BCUT2D eigenvalue weighted by atomic mass is 32.1. The SMILES string of the molecule is CCc1ccc(C(C)NCC2(C)CCN(C)CC2)s1. The maximum atomic E-state index is 3.75. The van der Waals surface area contributed by atoms with Crippen LogP contribution in [0.15, 0.2) is 12.1 Å². The number of aryl methyl sites for hydroxylation is 1. The summed E-state index contributed by atoms with van der Waals surface area (Å²) in [5.41, 5.74) is 0.478. The minimum absolute atomic E-state index is 0.478. The molecular formula is C16H28N2S. The maximum absolute atomic E-state index is 3.75. The molecule has 1 aromatic rings. The average molecular weight is 280 g/mol. The summed E-state index contributed by atoms with van der Waals surface area (Å²) >= 11 is 1.96. The summed E-state index contributed by atoms with van der Waals surface area (Å²) in [6.45, 7) is 10.6. The molecule has 1 fully saturated rings. The van der Waals surface area contributed by atoms with Gasteiger partial charge in [0.25, 0.3) is 0 Å². The van der Waals surface area contributed by atoms with Crippen molar-refractivity contribution in [3.05, 3.63) is 21.9 Å². The van der Waals surface area contributed by atoms with Gasteiger partial charge in [0.05, 0.1) is 0 Å². The molecule has 2 nitrogen and oxygen atoms in total. The number of hydrogen-bond acceptors (Lipinski definition) is 3. The van der Waals surface area contributed by atoms with Gasteiger partial charge in [0.2, 0.25) is 0 Å². The first kappa shape index (κ1) is 15.0. The Hall–Kier alpha value is -0.380. The molecule has 1 aromatic heterocycles. The largest absolute Gasteiger partial charge is 0.309 e. The molecule has 0 bridgehead atoms. The second-order valence-corrected chi connectivity index (χ2v) is 7.57. The van der Waals surface area contributed by atoms with Crippen LogP contribution in [0.25, 0.3) is 0 Å². The first-order valence-electron chi connectivity index (χ1n) is 7.53. The van der Waals surface area contributed by atoms with E-state index in [2.05, 4.69) is 50.2 Å². The molecule has 19 heavy (non-hydrogen) atoms. The van der Waals surface area contributed by atoms with Crippen molar-refractivity contribution in [2.24, 2.45) is 5.41 Å². The van der Waals surface area contributed by atoms with E-state index in [9.17, 15) is 0 Å². The quantitative estimate of drug-likeness (QED) is 0.885. The molecule has 1 aliphatic rings. The van der Waals surface area contributed by atoms with Crippen molar-refractivity contribution in [2.45, 2.75) is 46.1 Å². The highest BCUT2D eigenvalue weighted by Gasteiger charge is 2.29. The Bertz CT molecular complexity index is 391. The Morgan fingerprint density at radius 2 is 2.05 bits per heavy atom. The van der Waals surface area contributed by atoms with Crippen LogP contribution in [0.3, 0.4) is 0 Å². The van der Waals surface area contributed by atoms with Crippen molar-refractivity contribution in [1.29, 1.82) is 0 Å². The van der Waals surface area contributed by atoms with Crippen LogP contribution in [0.1, 0.15) is 49.4 Å². The number of piperidine rings is 1. The predicted molar refractivity (Wildman–Crippen MR) is 85.0 cm³/mol. The molecule has 0 saturated carbocycles. The summed E-state index contributed by atoms with van der Waals surface area (Å²) in [4.78, 5) is 5.42. The van der Waals surface area contributed by atoms with Crippen LogP contribution in [0.4, 0.5) is 0 Å². The molecule has 0 aliphatic carbocycles. The summed E-state index contributed by atoms with van der Waals surface area (Å²) < 4.78 is 0. The van der Waals surface area contributed by atoms with Crippen LogP contribution in [0.2, 0.25) is 0 Å². The van der Waals surface area contributed by atoms with E-state index in [0.29, 0.717) is 11.5 Å². The van der Waals surface area contributed by atoms with Crippen LogP contribution in [-0.2, 0) is 6.42 Å². The van der Waals surface area contributed by atoms with Crippen molar-refractivity contribution in [1.82, 2.24) is 10.2 Å². The monoisotopic (exact) mass is 280 g/mol. The van der Waals surface area contributed by atoms with Gasteiger partial charge in [-0.05, 0) is 63.9 Å². The summed E-state index contributed by atoms with van der Waals surface area (Å²) in [6, 6.07) is 5.05. The second kappa shape index (κ2) is 6.38. The molecule has 1 unspecified atom stereocenters. The zero-order valence-corrected chi connectivity index (χ0v) is 13.6. The molecule has 0 amide bonds. The fourth-order valence-electron chi connectivity index (χ4n) is 2.65. The average Bonchev–Trinajstić information content (AvgIpc) is 2.89. The highest BCUT2D eigenvalue weighted by Crippen LogP contribution is 2.31. The third-order valence-corrected chi connectivity index (χ3v) is 5.90. The van der Waals surface area contributed by atoms with Gasteiger partial charge in [0, 0.05) is 22.3 Å². The summed E-state index contributed by atoms with van der Waals surface area (Å²) in [5.74, 6) is 0. The van der Waals surface area contributed by atoms with Crippen molar-refractivity contribution in [3.8, 4) is 0 Å². The van der Waals surface area contributed by atoms with Crippen molar-refractivity contribution >= 4 is 11.3 Å². The van der Waals surface area contributed by atoms with E-state index < -0.39 is 0 Å². The molecule has 1 aliphatic heterocycles. The van der Waals surface area contributed by atoms with Gasteiger partial charge >= 0.3 is 0 Å². The maximum Gasteiger partial charge on any atom is 0.0386 e. The van der Waals surface area contributed by atoms with Gasteiger partial charge in [-0.2, -0.15) is 0 Å². The van der Waals surface area contributed by atoms with Gasteiger partial charge < -0.3 is 10.2 Å². The van der Waals surface area contributed by atoms with E-state index in [4.69, 9.17) is 0 Å². The van der Waals surface area contributed by atoms with E-state index in [1.165, 1.54) is 35.7 Å².